The topological polar surface area (TPSA) is 64.7 Å². The highest BCUT2D eigenvalue weighted by Crippen LogP contribution is 2.48. The molecule has 1 saturated carbocycles. The zero-order chi connectivity index (χ0) is 16.4. The monoisotopic (exact) mass is 376 g/mol. The molecule has 0 saturated heterocycles. The third-order valence-corrected chi connectivity index (χ3v) is 4.25. The average molecular weight is 377 g/mol. The summed E-state index contributed by atoms with van der Waals surface area (Å²) < 4.78 is 14.5. The summed E-state index contributed by atoms with van der Waals surface area (Å²) in [6.07, 6.45) is 0.562. The zero-order valence-electron chi connectivity index (χ0n) is 12.1. The molecule has 23 heavy (non-hydrogen) atoms. The SMILES string of the molecule is NC(=NOC(=O)C1CC1c1ccccc1F)c1cccc(Br)c1. The summed E-state index contributed by atoms with van der Waals surface area (Å²) in [7, 11) is 0. The molecule has 0 bridgehead atoms. The van der Waals surface area contributed by atoms with Crippen molar-refractivity contribution in [3.8, 4) is 0 Å². The van der Waals surface area contributed by atoms with Crippen LogP contribution in [0.2, 0.25) is 0 Å². The molecule has 118 valence electrons. The number of rotatable bonds is 4. The van der Waals surface area contributed by atoms with Gasteiger partial charge in [0, 0.05) is 16.0 Å². The van der Waals surface area contributed by atoms with Crippen LogP contribution in [0, 0.1) is 11.7 Å². The number of hydrogen-bond donors (Lipinski definition) is 1. The lowest BCUT2D eigenvalue weighted by atomic mass is 10.1. The Hall–Kier alpha value is -2.21. The van der Waals surface area contributed by atoms with Gasteiger partial charge in [-0.05, 0) is 30.2 Å². The van der Waals surface area contributed by atoms with Crippen LogP contribution < -0.4 is 5.73 Å². The lowest BCUT2D eigenvalue weighted by Crippen LogP contribution is -2.15. The van der Waals surface area contributed by atoms with Gasteiger partial charge in [-0.15, -0.1) is 0 Å². The van der Waals surface area contributed by atoms with Crippen molar-refractivity contribution >= 4 is 27.7 Å². The second-order valence-corrected chi connectivity index (χ2v) is 6.28. The summed E-state index contributed by atoms with van der Waals surface area (Å²) in [6, 6.07) is 13.6. The molecule has 1 aliphatic carbocycles. The van der Waals surface area contributed by atoms with Gasteiger partial charge in [0.05, 0.1) is 5.92 Å². The van der Waals surface area contributed by atoms with Crippen LogP contribution in [-0.2, 0) is 9.63 Å². The normalized spacial score (nSPS) is 20.2. The minimum Gasteiger partial charge on any atom is -0.380 e. The average Bonchev–Trinajstić information content (AvgIpc) is 3.33. The van der Waals surface area contributed by atoms with Gasteiger partial charge in [0.15, 0.2) is 5.84 Å². The summed E-state index contributed by atoms with van der Waals surface area (Å²) in [4.78, 5) is 16.9. The summed E-state index contributed by atoms with van der Waals surface area (Å²) >= 11 is 3.33. The van der Waals surface area contributed by atoms with Gasteiger partial charge in [0.1, 0.15) is 5.82 Å². The van der Waals surface area contributed by atoms with Crippen LogP contribution in [0.15, 0.2) is 58.2 Å². The van der Waals surface area contributed by atoms with Crippen molar-refractivity contribution in [3.63, 3.8) is 0 Å². The van der Waals surface area contributed by atoms with Crippen molar-refractivity contribution in [1.82, 2.24) is 0 Å². The van der Waals surface area contributed by atoms with Crippen molar-refractivity contribution in [2.24, 2.45) is 16.8 Å². The number of nitrogens with two attached hydrogens (primary N) is 1. The van der Waals surface area contributed by atoms with E-state index in [1.807, 2.05) is 6.07 Å². The summed E-state index contributed by atoms with van der Waals surface area (Å²) in [5, 5.41) is 3.68. The van der Waals surface area contributed by atoms with E-state index in [1.165, 1.54) is 6.07 Å². The Morgan fingerprint density at radius 3 is 2.78 bits per heavy atom. The molecule has 0 aromatic heterocycles. The van der Waals surface area contributed by atoms with E-state index in [0.29, 0.717) is 17.5 Å². The van der Waals surface area contributed by atoms with E-state index in [4.69, 9.17) is 10.6 Å². The van der Waals surface area contributed by atoms with Crippen LogP contribution in [0.1, 0.15) is 23.5 Å². The van der Waals surface area contributed by atoms with E-state index in [-0.39, 0.29) is 23.5 Å². The van der Waals surface area contributed by atoms with Gasteiger partial charge in [-0.3, -0.25) is 0 Å². The van der Waals surface area contributed by atoms with Crippen molar-refractivity contribution in [2.75, 3.05) is 0 Å². The van der Waals surface area contributed by atoms with Crippen LogP contribution in [0.5, 0.6) is 0 Å². The second kappa shape index (κ2) is 6.50. The van der Waals surface area contributed by atoms with E-state index >= 15 is 0 Å². The zero-order valence-corrected chi connectivity index (χ0v) is 13.7. The first-order valence-electron chi connectivity index (χ1n) is 7.11. The van der Waals surface area contributed by atoms with E-state index in [2.05, 4.69) is 21.1 Å². The fraction of sp³-hybridized carbons (Fsp3) is 0.176. The van der Waals surface area contributed by atoms with Gasteiger partial charge in [0.25, 0.3) is 0 Å². The third-order valence-electron chi connectivity index (χ3n) is 3.75. The number of hydrogen-bond acceptors (Lipinski definition) is 3. The summed E-state index contributed by atoms with van der Waals surface area (Å²) in [6.45, 7) is 0. The number of carbonyl (C=O) groups is 1. The van der Waals surface area contributed by atoms with Crippen LogP contribution >= 0.6 is 15.9 Å². The molecule has 1 fully saturated rings. The first kappa shape index (κ1) is 15.7. The summed E-state index contributed by atoms with van der Waals surface area (Å²) in [5.74, 6) is -1.19. The quantitative estimate of drug-likeness (QED) is 0.384. The standard InChI is InChI=1S/C17H14BrFN2O2/c18-11-5-3-4-10(8-11)16(20)21-23-17(22)14-9-13(14)12-6-1-2-7-15(12)19/h1-8,13-14H,9H2,(H2,20,21). The molecule has 0 amide bonds. The van der Waals surface area contributed by atoms with Crippen molar-refractivity contribution in [2.45, 2.75) is 12.3 Å². The van der Waals surface area contributed by atoms with Gasteiger partial charge in [-0.2, -0.15) is 0 Å². The Balaban J connectivity index is 1.63. The van der Waals surface area contributed by atoms with E-state index in [0.717, 1.165) is 4.47 Å². The van der Waals surface area contributed by atoms with E-state index in [9.17, 15) is 9.18 Å². The molecule has 0 heterocycles. The maximum atomic E-state index is 13.7. The Labute approximate surface area is 141 Å². The lowest BCUT2D eigenvalue weighted by molar-refractivity contribution is -0.145. The molecule has 2 aromatic carbocycles. The van der Waals surface area contributed by atoms with Gasteiger partial charge in [0.2, 0.25) is 0 Å². The molecule has 0 radical (unpaired) electrons. The van der Waals surface area contributed by atoms with Crippen molar-refractivity contribution in [1.29, 1.82) is 0 Å². The minimum absolute atomic E-state index is 0.114. The third kappa shape index (κ3) is 3.59. The number of nitrogens with zero attached hydrogens (tertiary/aromatic N) is 1. The van der Waals surface area contributed by atoms with Gasteiger partial charge < -0.3 is 10.6 Å². The largest absolute Gasteiger partial charge is 0.380 e. The van der Waals surface area contributed by atoms with Gasteiger partial charge >= 0.3 is 5.97 Å². The predicted octanol–water partition coefficient (Wildman–Crippen LogP) is 3.56. The number of oxime groups is 1. The first-order valence-corrected chi connectivity index (χ1v) is 7.90. The maximum absolute atomic E-state index is 13.7. The van der Waals surface area contributed by atoms with Gasteiger partial charge in [-0.1, -0.05) is 51.4 Å². The fourth-order valence-corrected chi connectivity index (χ4v) is 2.84. The highest BCUT2D eigenvalue weighted by molar-refractivity contribution is 9.10. The Morgan fingerprint density at radius 2 is 2.04 bits per heavy atom. The van der Waals surface area contributed by atoms with Gasteiger partial charge in [-0.25, -0.2) is 9.18 Å². The molecular weight excluding hydrogens is 363 g/mol. The highest BCUT2D eigenvalue weighted by Gasteiger charge is 2.46. The van der Waals surface area contributed by atoms with Crippen molar-refractivity contribution < 1.29 is 14.0 Å². The lowest BCUT2D eigenvalue weighted by Gasteiger charge is -2.02. The Morgan fingerprint density at radius 1 is 1.26 bits per heavy atom. The fourth-order valence-electron chi connectivity index (χ4n) is 2.44. The van der Waals surface area contributed by atoms with Crippen LogP contribution in [0.4, 0.5) is 4.39 Å². The number of benzene rings is 2. The minimum atomic E-state index is -0.490. The molecule has 0 aliphatic heterocycles. The van der Waals surface area contributed by atoms with Crippen LogP contribution in [-0.4, -0.2) is 11.8 Å². The van der Waals surface area contributed by atoms with Crippen LogP contribution in [0.3, 0.4) is 0 Å². The molecule has 3 rings (SSSR count). The maximum Gasteiger partial charge on any atom is 0.338 e. The molecule has 4 nitrogen and oxygen atoms in total. The number of halogens is 2. The number of carbonyl (C=O) groups excluding carboxylic acids is 1. The predicted molar refractivity (Wildman–Crippen MR) is 88.2 cm³/mol. The molecular formula is C17H14BrFN2O2. The Kier molecular flexibility index (Phi) is 4.43. The van der Waals surface area contributed by atoms with E-state index < -0.39 is 5.97 Å². The molecule has 0 spiro atoms. The smallest absolute Gasteiger partial charge is 0.338 e. The molecule has 1 aliphatic rings. The number of amidine groups is 1. The molecule has 2 unspecified atom stereocenters. The molecule has 2 aromatic rings. The highest BCUT2D eigenvalue weighted by atomic mass is 79.9. The molecule has 2 N–H and O–H groups in total. The van der Waals surface area contributed by atoms with E-state index in [1.54, 1.807) is 36.4 Å². The Bertz CT molecular complexity index is 779. The second-order valence-electron chi connectivity index (χ2n) is 5.37. The molecule has 2 atom stereocenters. The first-order chi connectivity index (χ1) is 11.1. The van der Waals surface area contributed by atoms with Crippen molar-refractivity contribution in [3.05, 3.63) is 69.9 Å². The molecule has 6 heteroatoms. The van der Waals surface area contributed by atoms with Crippen LogP contribution in [0.25, 0.3) is 0 Å². The summed E-state index contributed by atoms with van der Waals surface area (Å²) in [5.41, 5.74) is 6.98.